The van der Waals surface area contributed by atoms with E-state index in [4.69, 9.17) is 11.6 Å². The van der Waals surface area contributed by atoms with Crippen LogP contribution in [-0.2, 0) is 0 Å². The summed E-state index contributed by atoms with van der Waals surface area (Å²) in [4.78, 5) is 28.2. The van der Waals surface area contributed by atoms with Crippen LogP contribution < -0.4 is 21.0 Å². The number of hydrogen-bond donors (Lipinski definition) is 4. The quantitative estimate of drug-likeness (QED) is 0.661. The molecule has 1 aromatic heterocycles. The maximum Gasteiger partial charge on any atom is 0.319 e. The smallest absolute Gasteiger partial charge is 0.319 e. The van der Waals surface area contributed by atoms with Crippen LogP contribution in [0.3, 0.4) is 0 Å². The van der Waals surface area contributed by atoms with E-state index in [1.165, 1.54) is 11.1 Å². The Morgan fingerprint density at radius 2 is 2.14 bits per heavy atom. The van der Waals surface area contributed by atoms with Crippen LogP contribution in [0.1, 0.15) is 0 Å². The Kier molecular flexibility index (Phi) is 4.82. The lowest BCUT2D eigenvalue weighted by molar-refractivity contribution is -0.856. The van der Waals surface area contributed by atoms with Crippen molar-refractivity contribution in [2.24, 2.45) is 0 Å². The van der Waals surface area contributed by atoms with Crippen molar-refractivity contribution in [3.8, 4) is 0 Å². The Morgan fingerprint density at radius 1 is 1.38 bits per heavy atom. The zero-order valence-electron chi connectivity index (χ0n) is 11.9. The van der Waals surface area contributed by atoms with Gasteiger partial charge in [-0.2, -0.15) is 0 Å². The van der Waals surface area contributed by atoms with Crippen molar-refractivity contribution in [3.05, 3.63) is 39.6 Å². The van der Waals surface area contributed by atoms with E-state index in [2.05, 4.69) is 15.6 Å². The van der Waals surface area contributed by atoms with Crippen molar-refractivity contribution in [2.75, 3.05) is 32.5 Å². The average Bonchev–Trinajstić information content (AvgIpc) is 2.41. The van der Waals surface area contributed by atoms with E-state index in [0.29, 0.717) is 22.5 Å². The average molecular weight is 310 g/mol. The normalized spacial score (nSPS) is 10.9. The first kappa shape index (κ1) is 15.3. The summed E-state index contributed by atoms with van der Waals surface area (Å²) in [5.41, 5.74) is 0.600. The van der Waals surface area contributed by atoms with Gasteiger partial charge in [-0.05, 0) is 18.2 Å². The van der Waals surface area contributed by atoms with Gasteiger partial charge in [-0.1, -0.05) is 11.6 Å². The molecule has 0 aliphatic heterocycles. The van der Waals surface area contributed by atoms with Crippen molar-refractivity contribution in [2.45, 2.75) is 0 Å². The molecule has 0 spiro atoms. The first-order valence-corrected chi connectivity index (χ1v) is 7.00. The van der Waals surface area contributed by atoms with Gasteiger partial charge in [0.15, 0.2) is 0 Å². The first-order valence-electron chi connectivity index (χ1n) is 6.62. The number of carbonyl (C=O) groups excluding carboxylic acids is 1. The van der Waals surface area contributed by atoms with Gasteiger partial charge in [0.2, 0.25) is 5.43 Å². The zero-order valence-corrected chi connectivity index (χ0v) is 12.7. The Labute approximate surface area is 127 Å². The second-order valence-electron chi connectivity index (χ2n) is 5.06. The van der Waals surface area contributed by atoms with Gasteiger partial charge in [0.25, 0.3) is 0 Å². The molecule has 0 unspecified atom stereocenters. The van der Waals surface area contributed by atoms with Crippen molar-refractivity contribution < 1.29 is 9.69 Å². The topological polar surface area (TPSA) is 78.4 Å². The monoisotopic (exact) mass is 309 g/mol. The Hall–Kier alpha value is -2.05. The highest BCUT2D eigenvalue weighted by Crippen LogP contribution is 2.16. The minimum atomic E-state index is -0.393. The van der Waals surface area contributed by atoms with E-state index in [1.54, 1.807) is 18.2 Å². The summed E-state index contributed by atoms with van der Waals surface area (Å²) >= 11 is 5.87. The molecule has 2 aromatic rings. The predicted octanol–water partition coefficient (Wildman–Crippen LogP) is 0.447. The van der Waals surface area contributed by atoms with Crippen LogP contribution in [0.15, 0.2) is 29.2 Å². The van der Waals surface area contributed by atoms with Gasteiger partial charge < -0.3 is 20.5 Å². The van der Waals surface area contributed by atoms with E-state index < -0.39 is 6.03 Å². The van der Waals surface area contributed by atoms with Crippen LogP contribution in [0, 0.1) is 0 Å². The molecule has 6 nitrogen and oxygen atoms in total. The molecule has 112 valence electrons. The highest BCUT2D eigenvalue weighted by Gasteiger charge is 2.08. The second kappa shape index (κ2) is 6.60. The summed E-state index contributed by atoms with van der Waals surface area (Å²) < 4.78 is 0. The molecule has 1 heterocycles. The Bertz CT molecular complexity index is 712. The Morgan fingerprint density at radius 3 is 2.86 bits per heavy atom. The number of benzene rings is 1. The molecule has 7 heteroatoms. The van der Waals surface area contributed by atoms with Gasteiger partial charge >= 0.3 is 6.03 Å². The number of halogens is 1. The van der Waals surface area contributed by atoms with Crippen LogP contribution in [0.2, 0.25) is 5.02 Å². The van der Waals surface area contributed by atoms with Gasteiger partial charge in [0.05, 0.1) is 32.7 Å². The van der Waals surface area contributed by atoms with Crippen molar-refractivity contribution in [1.82, 2.24) is 10.3 Å². The fraction of sp³-hybridized carbons (Fsp3) is 0.286. The number of H-pyrrole nitrogens is 1. The molecule has 2 rings (SSSR count). The third-order valence-corrected chi connectivity index (χ3v) is 3.24. The molecule has 2 amide bonds. The maximum atomic E-state index is 12.2. The lowest BCUT2D eigenvalue weighted by Crippen LogP contribution is -3.06. The number of anilines is 1. The van der Waals surface area contributed by atoms with E-state index >= 15 is 0 Å². The lowest BCUT2D eigenvalue weighted by Gasteiger charge is -2.10. The lowest BCUT2D eigenvalue weighted by atomic mass is 10.2. The highest BCUT2D eigenvalue weighted by atomic mass is 35.5. The Balaban J connectivity index is 2.12. The molecule has 21 heavy (non-hydrogen) atoms. The third-order valence-electron chi connectivity index (χ3n) is 3.00. The van der Waals surface area contributed by atoms with E-state index in [0.717, 1.165) is 6.54 Å². The van der Waals surface area contributed by atoms with E-state index in [1.807, 2.05) is 14.1 Å². The van der Waals surface area contributed by atoms with Crippen LogP contribution in [0.25, 0.3) is 10.9 Å². The molecule has 4 N–H and O–H groups in total. The van der Waals surface area contributed by atoms with Crippen molar-refractivity contribution in [1.29, 1.82) is 0 Å². The largest absolute Gasteiger partial charge is 0.359 e. The summed E-state index contributed by atoms with van der Waals surface area (Å²) in [6.07, 6.45) is 1.47. The van der Waals surface area contributed by atoms with E-state index in [9.17, 15) is 9.59 Å². The van der Waals surface area contributed by atoms with Crippen LogP contribution >= 0.6 is 11.6 Å². The second-order valence-corrected chi connectivity index (χ2v) is 5.50. The maximum absolute atomic E-state index is 12.2. The summed E-state index contributed by atoms with van der Waals surface area (Å²) in [6, 6.07) is 4.55. The van der Waals surface area contributed by atoms with Crippen LogP contribution in [0.5, 0.6) is 0 Å². The molecule has 0 fully saturated rings. The minimum Gasteiger partial charge on any atom is -0.359 e. The third kappa shape index (κ3) is 3.96. The minimum absolute atomic E-state index is 0.208. The summed E-state index contributed by atoms with van der Waals surface area (Å²) in [7, 11) is 4.00. The summed E-state index contributed by atoms with van der Waals surface area (Å²) in [6.45, 7) is 1.34. The molecule has 0 bridgehead atoms. The van der Waals surface area contributed by atoms with Gasteiger partial charge in [-0.3, -0.25) is 4.79 Å². The summed E-state index contributed by atoms with van der Waals surface area (Å²) in [5, 5.41) is 6.28. The fourth-order valence-corrected chi connectivity index (χ4v) is 2.05. The molecule has 0 aliphatic carbocycles. The van der Waals surface area contributed by atoms with Crippen molar-refractivity contribution >= 4 is 34.2 Å². The number of carbonyl (C=O) groups is 1. The standard InChI is InChI=1S/C14H17ClN4O2/c1-19(2)6-5-16-14(21)18-12-8-17-11-7-9(15)3-4-10(11)13(12)20/h3-4,7-8H,5-6H2,1-2H3,(H,17,20)(H2,16,18,21)/p+1. The number of hydrogen-bond acceptors (Lipinski definition) is 2. The number of fused-ring (bicyclic) bond motifs is 1. The van der Waals surface area contributed by atoms with Gasteiger partial charge in [-0.15, -0.1) is 0 Å². The number of pyridine rings is 1. The SMILES string of the molecule is C[NH+](C)CCNC(=O)Nc1c[nH]c2cc(Cl)ccc2c1=O. The molecule has 0 saturated carbocycles. The molecular formula is C14H18ClN4O2+. The predicted molar refractivity (Wildman–Crippen MR) is 84.3 cm³/mol. The molecular weight excluding hydrogens is 292 g/mol. The van der Waals surface area contributed by atoms with Gasteiger partial charge in [0.1, 0.15) is 5.69 Å². The summed E-state index contributed by atoms with van der Waals surface area (Å²) in [5.74, 6) is 0. The molecule has 1 aromatic carbocycles. The number of quaternary nitrogens is 1. The number of nitrogens with one attached hydrogen (secondary N) is 4. The zero-order chi connectivity index (χ0) is 15.4. The number of rotatable bonds is 4. The fourth-order valence-electron chi connectivity index (χ4n) is 1.88. The van der Waals surface area contributed by atoms with Gasteiger partial charge in [-0.25, -0.2) is 4.79 Å². The van der Waals surface area contributed by atoms with Crippen LogP contribution in [0.4, 0.5) is 10.5 Å². The number of aromatic nitrogens is 1. The first-order chi connectivity index (χ1) is 9.97. The molecule has 0 radical (unpaired) electrons. The van der Waals surface area contributed by atoms with Crippen molar-refractivity contribution in [3.63, 3.8) is 0 Å². The number of amides is 2. The molecule has 0 atom stereocenters. The number of likely N-dealkylation sites (N-methyl/N-ethyl adjacent to an activating group) is 1. The van der Waals surface area contributed by atoms with Crippen LogP contribution in [-0.4, -0.2) is 38.2 Å². The van der Waals surface area contributed by atoms with E-state index in [-0.39, 0.29) is 11.1 Å². The van der Waals surface area contributed by atoms with Gasteiger partial charge in [0, 0.05) is 16.6 Å². The molecule has 0 saturated heterocycles. The number of urea groups is 1. The number of aromatic amines is 1. The molecule has 0 aliphatic rings. The highest BCUT2D eigenvalue weighted by molar-refractivity contribution is 6.31.